The van der Waals surface area contributed by atoms with Crippen LogP contribution in [0.15, 0.2) is 40.7 Å². The van der Waals surface area contributed by atoms with Crippen LogP contribution in [0.4, 0.5) is 0 Å². The van der Waals surface area contributed by atoms with E-state index in [1.807, 2.05) is 37.5 Å². The maximum atomic E-state index is 5.65. The van der Waals surface area contributed by atoms with Crippen molar-refractivity contribution in [3.05, 3.63) is 35.7 Å². The Morgan fingerprint density at radius 1 is 1.40 bits per heavy atom. The number of rotatable bonds is 4. The molecule has 0 spiro atoms. The van der Waals surface area contributed by atoms with Gasteiger partial charge < -0.3 is 4.90 Å². The van der Waals surface area contributed by atoms with Gasteiger partial charge in [0.1, 0.15) is 0 Å². The van der Waals surface area contributed by atoms with Gasteiger partial charge in [-0.1, -0.05) is 0 Å². The van der Waals surface area contributed by atoms with E-state index in [2.05, 4.69) is 17.8 Å². The summed E-state index contributed by atoms with van der Waals surface area (Å²) in [5, 5.41) is 1.65. The van der Waals surface area contributed by atoms with Crippen molar-refractivity contribution in [2.45, 2.75) is 0 Å². The zero-order valence-corrected chi connectivity index (χ0v) is 9.35. The van der Waals surface area contributed by atoms with Gasteiger partial charge in [0.25, 0.3) is 0 Å². The number of hydrazine groups is 1. The van der Waals surface area contributed by atoms with Gasteiger partial charge in [-0.15, -0.1) is 0 Å². The highest BCUT2D eigenvalue weighted by Crippen LogP contribution is 2.13. The molecule has 0 atom stereocenters. The highest BCUT2D eigenvalue weighted by Gasteiger charge is 2.05. The molecule has 1 aliphatic heterocycles. The fraction of sp³-hybridized carbons (Fsp3) is 0.364. The number of nitrogens with zero attached hydrogens (tertiary/aromatic N) is 3. The van der Waals surface area contributed by atoms with Gasteiger partial charge in [-0.2, -0.15) is 0 Å². The third-order valence-corrected chi connectivity index (χ3v) is 2.14. The molecule has 0 saturated heterocycles. The van der Waals surface area contributed by atoms with Gasteiger partial charge in [0, 0.05) is 33.0 Å². The monoisotopic (exact) mass is 206 g/mol. The molecule has 0 aliphatic carbocycles. The van der Waals surface area contributed by atoms with Crippen LogP contribution in [0.5, 0.6) is 0 Å². The Morgan fingerprint density at radius 3 is 2.53 bits per heavy atom. The predicted octanol–water partition coefficient (Wildman–Crippen LogP) is 0.762. The van der Waals surface area contributed by atoms with Gasteiger partial charge >= 0.3 is 0 Å². The van der Waals surface area contributed by atoms with Crippen molar-refractivity contribution in [1.82, 2.24) is 9.91 Å². The lowest BCUT2D eigenvalue weighted by molar-refractivity contribution is 0.382. The fourth-order valence-corrected chi connectivity index (χ4v) is 1.38. The van der Waals surface area contributed by atoms with Crippen LogP contribution in [0.25, 0.3) is 0 Å². The molecule has 0 aromatic rings. The summed E-state index contributed by atoms with van der Waals surface area (Å²) in [5.74, 6) is 5.65. The highest BCUT2D eigenvalue weighted by atomic mass is 15.4. The maximum absolute atomic E-state index is 5.65. The molecule has 1 rings (SSSR count). The molecule has 82 valence electrons. The minimum atomic E-state index is 0.623. The normalized spacial score (nSPS) is 16.1. The predicted molar refractivity (Wildman–Crippen MR) is 64.3 cm³/mol. The first-order valence-electron chi connectivity index (χ1n) is 4.82. The van der Waals surface area contributed by atoms with Gasteiger partial charge in [-0.3, -0.25) is 10.8 Å². The standard InChI is InChI=1S/C11H18N4/c1-13-8-10-4-6-14(2)7-5-11(10)9-15(3)12/h4-7H,1,8-9,12H2,2-3H3. The molecule has 2 N–H and O–H groups in total. The van der Waals surface area contributed by atoms with E-state index in [1.165, 1.54) is 5.57 Å². The van der Waals surface area contributed by atoms with Crippen LogP contribution in [0.3, 0.4) is 0 Å². The molecule has 15 heavy (non-hydrogen) atoms. The Kier molecular flexibility index (Phi) is 4.27. The van der Waals surface area contributed by atoms with Gasteiger partial charge in [0.2, 0.25) is 0 Å². The quantitative estimate of drug-likeness (QED) is 0.419. The third-order valence-electron chi connectivity index (χ3n) is 2.14. The Balaban J connectivity index is 2.93. The lowest BCUT2D eigenvalue weighted by atomic mass is 10.1. The van der Waals surface area contributed by atoms with Crippen LogP contribution in [0.1, 0.15) is 0 Å². The average Bonchev–Trinajstić information content (AvgIpc) is 2.32. The molecule has 0 aromatic heterocycles. The molecule has 0 fully saturated rings. The fourth-order valence-electron chi connectivity index (χ4n) is 1.38. The van der Waals surface area contributed by atoms with Gasteiger partial charge in [-0.05, 0) is 30.0 Å². The van der Waals surface area contributed by atoms with Gasteiger partial charge in [0.05, 0.1) is 6.54 Å². The number of hydrogen-bond donors (Lipinski definition) is 1. The molecule has 4 heteroatoms. The second-order valence-electron chi connectivity index (χ2n) is 3.64. The van der Waals surface area contributed by atoms with E-state index in [4.69, 9.17) is 5.84 Å². The zero-order chi connectivity index (χ0) is 11.3. The highest BCUT2D eigenvalue weighted by molar-refractivity contribution is 5.38. The first kappa shape index (κ1) is 11.7. The van der Waals surface area contributed by atoms with E-state index < -0.39 is 0 Å². The summed E-state index contributed by atoms with van der Waals surface area (Å²) in [4.78, 5) is 5.91. The van der Waals surface area contributed by atoms with E-state index in [0.717, 1.165) is 5.57 Å². The Bertz CT molecular complexity index is 313. The van der Waals surface area contributed by atoms with Crippen molar-refractivity contribution in [3.63, 3.8) is 0 Å². The Hall–Kier alpha value is -1.39. The van der Waals surface area contributed by atoms with Crippen molar-refractivity contribution < 1.29 is 0 Å². The molecule has 0 saturated carbocycles. The van der Waals surface area contributed by atoms with E-state index in [-0.39, 0.29) is 0 Å². The summed E-state index contributed by atoms with van der Waals surface area (Å²) in [5.41, 5.74) is 2.33. The zero-order valence-electron chi connectivity index (χ0n) is 9.35. The maximum Gasteiger partial charge on any atom is 0.0636 e. The molecule has 4 nitrogen and oxygen atoms in total. The summed E-state index contributed by atoms with van der Waals surface area (Å²) < 4.78 is 0. The summed E-state index contributed by atoms with van der Waals surface area (Å²) in [6.07, 6.45) is 8.11. The number of hydrogen-bond acceptors (Lipinski definition) is 4. The summed E-state index contributed by atoms with van der Waals surface area (Å²) >= 11 is 0. The average molecular weight is 206 g/mol. The number of nitrogens with two attached hydrogens (primary N) is 1. The molecule has 1 aliphatic rings. The lowest BCUT2D eigenvalue weighted by Crippen LogP contribution is -2.28. The summed E-state index contributed by atoms with van der Waals surface area (Å²) in [6.45, 7) is 4.85. The molecule has 0 radical (unpaired) electrons. The second kappa shape index (κ2) is 5.48. The molecule has 0 bridgehead atoms. The molecular weight excluding hydrogens is 188 g/mol. The molecule has 0 unspecified atom stereocenters. The van der Waals surface area contributed by atoms with Crippen molar-refractivity contribution in [2.24, 2.45) is 10.8 Å². The smallest absolute Gasteiger partial charge is 0.0636 e. The largest absolute Gasteiger partial charge is 0.357 e. The second-order valence-corrected chi connectivity index (χ2v) is 3.64. The Morgan fingerprint density at radius 2 is 2.00 bits per heavy atom. The van der Waals surface area contributed by atoms with Crippen molar-refractivity contribution in [1.29, 1.82) is 0 Å². The van der Waals surface area contributed by atoms with Gasteiger partial charge in [-0.25, -0.2) is 5.01 Å². The van der Waals surface area contributed by atoms with Crippen LogP contribution < -0.4 is 5.84 Å². The summed E-state index contributed by atoms with van der Waals surface area (Å²) in [6, 6.07) is 0. The third kappa shape index (κ3) is 3.69. The van der Waals surface area contributed by atoms with Crippen LogP contribution >= 0.6 is 0 Å². The first-order chi connectivity index (χ1) is 7.13. The van der Waals surface area contributed by atoms with Crippen LogP contribution in [-0.4, -0.2) is 43.8 Å². The molecule has 0 amide bonds. The van der Waals surface area contributed by atoms with E-state index >= 15 is 0 Å². The van der Waals surface area contributed by atoms with E-state index in [1.54, 1.807) is 5.01 Å². The SMILES string of the molecule is C=NCC1=C(CN(C)N)C=CN(C)C=C1. The molecule has 0 aromatic carbocycles. The van der Waals surface area contributed by atoms with Crippen LogP contribution in [0.2, 0.25) is 0 Å². The van der Waals surface area contributed by atoms with Crippen LogP contribution in [0, 0.1) is 0 Å². The molecule has 1 heterocycles. The van der Waals surface area contributed by atoms with Crippen LogP contribution in [-0.2, 0) is 0 Å². The van der Waals surface area contributed by atoms with E-state index in [0.29, 0.717) is 13.1 Å². The number of aliphatic imine (C=N–C) groups is 1. The lowest BCUT2D eigenvalue weighted by Gasteiger charge is -2.12. The minimum absolute atomic E-state index is 0.623. The minimum Gasteiger partial charge on any atom is -0.357 e. The van der Waals surface area contributed by atoms with E-state index in [9.17, 15) is 0 Å². The first-order valence-corrected chi connectivity index (χ1v) is 4.82. The molecular formula is C11H18N4. The van der Waals surface area contributed by atoms with Gasteiger partial charge in [0.15, 0.2) is 0 Å². The topological polar surface area (TPSA) is 44.9 Å². The summed E-state index contributed by atoms with van der Waals surface area (Å²) in [7, 11) is 3.83. The van der Waals surface area contributed by atoms with Crippen molar-refractivity contribution in [3.8, 4) is 0 Å². The number of likely N-dealkylation sites (N-methyl/N-ethyl adjacent to an activating group) is 1. The van der Waals surface area contributed by atoms with Crippen molar-refractivity contribution in [2.75, 3.05) is 27.2 Å². The van der Waals surface area contributed by atoms with Crippen molar-refractivity contribution >= 4 is 6.72 Å². The Labute approximate surface area is 91.0 Å².